The van der Waals surface area contributed by atoms with Crippen LogP contribution in [0, 0.1) is 12.4 Å². The first-order valence-corrected chi connectivity index (χ1v) is 10.3. The van der Waals surface area contributed by atoms with Gasteiger partial charge in [0.25, 0.3) is 6.57 Å². The normalized spacial score (nSPS) is 10.7. The summed E-state index contributed by atoms with van der Waals surface area (Å²) in [5.74, 6) is -0.466. The van der Waals surface area contributed by atoms with E-state index in [-0.39, 0.29) is 29.6 Å². The number of hydrogen-bond donors (Lipinski definition) is 1. The molecule has 5 rings (SSSR count). The number of pyridine rings is 1. The molecule has 9 heteroatoms. The number of carbonyl (C=O) groups is 1. The van der Waals surface area contributed by atoms with E-state index in [1.807, 2.05) is 24.3 Å². The minimum atomic E-state index is -0.668. The van der Waals surface area contributed by atoms with Crippen LogP contribution in [-0.2, 0) is 6.54 Å². The van der Waals surface area contributed by atoms with Crippen LogP contribution in [0.25, 0.3) is 27.3 Å². The number of para-hydroxylation sites is 1. The second kappa shape index (κ2) is 8.88. The summed E-state index contributed by atoms with van der Waals surface area (Å²) >= 11 is 0. The fourth-order valence-corrected chi connectivity index (χ4v) is 3.59. The van der Waals surface area contributed by atoms with Gasteiger partial charge in [-0.3, -0.25) is 9.67 Å². The highest BCUT2D eigenvalue weighted by Gasteiger charge is 2.24. The first-order valence-electron chi connectivity index (χ1n) is 10.3. The van der Waals surface area contributed by atoms with E-state index in [1.165, 1.54) is 12.3 Å². The van der Waals surface area contributed by atoms with E-state index in [2.05, 4.69) is 25.1 Å². The molecule has 0 radical (unpaired) electrons. The number of anilines is 2. The molecule has 0 saturated heterocycles. The summed E-state index contributed by atoms with van der Waals surface area (Å²) in [6.07, 6.45) is 4.57. The van der Waals surface area contributed by atoms with Crippen LogP contribution in [-0.4, -0.2) is 30.6 Å². The Morgan fingerprint density at radius 3 is 2.62 bits per heavy atom. The molecule has 0 atom stereocenters. The van der Waals surface area contributed by atoms with Gasteiger partial charge in [-0.05, 0) is 24.3 Å². The molecule has 5 aromatic rings. The highest BCUT2D eigenvalue weighted by molar-refractivity contribution is 6.06. The zero-order valence-corrected chi connectivity index (χ0v) is 17.8. The fourth-order valence-electron chi connectivity index (χ4n) is 3.59. The summed E-state index contributed by atoms with van der Waals surface area (Å²) in [5, 5.41) is 8.57. The highest BCUT2D eigenvalue weighted by Crippen LogP contribution is 2.29. The summed E-state index contributed by atoms with van der Waals surface area (Å²) in [6.45, 7) is 5.45. The molecule has 0 aliphatic carbocycles. The molecule has 8 nitrogen and oxygen atoms in total. The molecular weight excluding hydrogens is 433 g/mol. The Balaban J connectivity index is 1.62. The van der Waals surface area contributed by atoms with Gasteiger partial charge in [0.2, 0.25) is 0 Å². The number of fused-ring (bicyclic) bond motifs is 1. The van der Waals surface area contributed by atoms with Crippen molar-refractivity contribution in [3.8, 4) is 18.1 Å². The average molecular weight is 450 g/mol. The number of nitrogens with zero attached hydrogens (tertiary/aromatic N) is 6. The van der Waals surface area contributed by atoms with Gasteiger partial charge < -0.3 is 5.32 Å². The monoisotopic (exact) mass is 450 g/mol. The molecule has 1 amide bonds. The predicted octanol–water partition coefficient (Wildman–Crippen LogP) is 4.92. The number of aromatic nitrogens is 5. The summed E-state index contributed by atoms with van der Waals surface area (Å²) in [5.41, 5.74) is 2.58. The van der Waals surface area contributed by atoms with Crippen molar-refractivity contribution in [3.05, 3.63) is 101 Å². The molecule has 0 saturated carbocycles. The molecule has 0 bridgehead atoms. The Bertz CT molecular complexity index is 1560. The number of hydrogen-bond acceptors (Lipinski definition) is 6. The van der Waals surface area contributed by atoms with Crippen molar-refractivity contribution < 1.29 is 9.18 Å². The van der Waals surface area contributed by atoms with Crippen LogP contribution < -0.4 is 5.32 Å². The van der Waals surface area contributed by atoms with Gasteiger partial charge >= 0.3 is 5.91 Å². The van der Waals surface area contributed by atoms with E-state index >= 15 is 0 Å². The molecule has 1 N–H and O–H groups in total. The van der Waals surface area contributed by atoms with Crippen molar-refractivity contribution in [1.29, 1.82) is 0 Å². The number of amides is 1. The molecular formula is C25H17FN7O+. The SMILES string of the molecule is C#[N+]C(=O)c1cnc(-c2nn(Cc3ccccc3F)c3ccccc23)nc1Nc1ccncc1. The average Bonchev–Trinajstić information content (AvgIpc) is 3.24. The molecule has 0 aliphatic heterocycles. The molecule has 34 heavy (non-hydrogen) atoms. The zero-order valence-electron chi connectivity index (χ0n) is 17.8. The number of halogens is 1. The van der Waals surface area contributed by atoms with Gasteiger partial charge in [-0.25, -0.2) is 14.4 Å². The van der Waals surface area contributed by atoms with E-state index in [1.54, 1.807) is 47.4 Å². The first-order chi connectivity index (χ1) is 16.6. The van der Waals surface area contributed by atoms with Crippen LogP contribution in [0.2, 0.25) is 0 Å². The number of rotatable bonds is 6. The van der Waals surface area contributed by atoms with Gasteiger partial charge in [0, 0.05) is 33.9 Å². The third-order valence-corrected chi connectivity index (χ3v) is 5.23. The van der Waals surface area contributed by atoms with E-state index < -0.39 is 5.91 Å². The number of nitrogens with one attached hydrogen (secondary N) is 1. The molecule has 3 heterocycles. The summed E-state index contributed by atoms with van der Waals surface area (Å²) in [7, 11) is 0. The van der Waals surface area contributed by atoms with E-state index in [0.29, 0.717) is 16.9 Å². The fraction of sp³-hybridized carbons (Fsp3) is 0.0400. The Labute approximate surface area is 193 Å². The van der Waals surface area contributed by atoms with Gasteiger partial charge in [-0.1, -0.05) is 36.4 Å². The third-order valence-electron chi connectivity index (χ3n) is 5.23. The van der Waals surface area contributed by atoms with Crippen LogP contribution in [0.3, 0.4) is 0 Å². The molecule has 0 aliphatic rings. The van der Waals surface area contributed by atoms with Gasteiger partial charge in [-0.15, -0.1) is 0 Å². The van der Waals surface area contributed by atoms with Crippen molar-refractivity contribution in [2.75, 3.05) is 5.32 Å². The van der Waals surface area contributed by atoms with Crippen LogP contribution in [0.1, 0.15) is 15.9 Å². The molecule has 0 spiro atoms. The summed E-state index contributed by atoms with van der Waals surface area (Å²) in [4.78, 5) is 28.4. The smallest absolute Gasteiger partial charge is 0.339 e. The van der Waals surface area contributed by atoms with Gasteiger partial charge in [0.05, 0.1) is 18.3 Å². The second-order valence-corrected chi connectivity index (χ2v) is 7.37. The molecule has 2 aromatic carbocycles. The van der Waals surface area contributed by atoms with Crippen molar-refractivity contribution >= 4 is 28.3 Å². The van der Waals surface area contributed by atoms with E-state index in [0.717, 1.165) is 10.9 Å². The molecule has 0 unspecified atom stereocenters. The van der Waals surface area contributed by atoms with Crippen molar-refractivity contribution in [1.82, 2.24) is 24.7 Å². The molecule has 164 valence electrons. The lowest BCUT2D eigenvalue weighted by Gasteiger charge is -2.07. The Morgan fingerprint density at radius 2 is 1.82 bits per heavy atom. The summed E-state index contributed by atoms with van der Waals surface area (Å²) in [6, 6.07) is 17.6. The maximum absolute atomic E-state index is 14.3. The number of benzene rings is 2. The predicted molar refractivity (Wildman–Crippen MR) is 126 cm³/mol. The lowest BCUT2D eigenvalue weighted by Crippen LogP contribution is -2.07. The zero-order chi connectivity index (χ0) is 23.5. The van der Waals surface area contributed by atoms with Crippen molar-refractivity contribution in [3.63, 3.8) is 0 Å². The van der Waals surface area contributed by atoms with Crippen LogP contribution in [0.4, 0.5) is 15.9 Å². The lowest BCUT2D eigenvalue weighted by atomic mass is 10.2. The maximum atomic E-state index is 14.3. The largest absolute Gasteiger partial charge is 0.552 e. The van der Waals surface area contributed by atoms with Gasteiger partial charge in [0.15, 0.2) is 17.2 Å². The maximum Gasteiger partial charge on any atom is 0.552 e. The second-order valence-electron chi connectivity index (χ2n) is 7.37. The lowest BCUT2D eigenvalue weighted by molar-refractivity contribution is 0.104. The van der Waals surface area contributed by atoms with Crippen molar-refractivity contribution in [2.45, 2.75) is 6.54 Å². The standard InChI is InChI=1S/C25H16FN7O/c1-27-25(34)19-14-29-24(31-23(19)30-17-10-12-28-13-11-17)22-18-7-3-5-9-21(18)33(32-22)15-16-6-2-4-8-20(16)26/h1-14H,15H2/p+1. The molecule has 3 aromatic heterocycles. The topological polar surface area (TPSA) is 90.0 Å². The minimum absolute atomic E-state index is 0.109. The van der Waals surface area contributed by atoms with Crippen LogP contribution in [0.15, 0.2) is 79.3 Å². The first kappa shape index (κ1) is 20.9. The van der Waals surface area contributed by atoms with Gasteiger partial charge in [0.1, 0.15) is 11.5 Å². The summed E-state index contributed by atoms with van der Waals surface area (Å²) < 4.78 is 16.0. The number of carbonyl (C=O) groups excluding carboxylic acids is 1. The van der Waals surface area contributed by atoms with E-state index in [9.17, 15) is 9.18 Å². The minimum Gasteiger partial charge on any atom is -0.339 e. The Kier molecular flexibility index (Phi) is 5.46. The quantitative estimate of drug-likeness (QED) is 0.395. The van der Waals surface area contributed by atoms with E-state index in [4.69, 9.17) is 11.7 Å². The molecule has 0 fully saturated rings. The van der Waals surface area contributed by atoms with Crippen LogP contribution in [0.5, 0.6) is 0 Å². The van der Waals surface area contributed by atoms with Crippen molar-refractivity contribution in [2.24, 2.45) is 0 Å². The third kappa shape index (κ3) is 3.96. The Hall–Kier alpha value is -4.97. The highest BCUT2D eigenvalue weighted by atomic mass is 19.1. The van der Waals surface area contributed by atoms with Gasteiger partial charge in [-0.2, -0.15) is 9.89 Å². The Morgan fingerprint density at radius 1 is 1.06 bits per heavy atom. The van der Waals surface area contributed by atoms with Crippen LogP contribution >= 0.6 is 0 Å².